The van der Waals surface area contributed by atoms with Crippen LogP contribution in [0, 0.1) is 18.6 Å². The van der Waals surface area contributed by atoms with Crippen molar-refractivity contribution in [2.75, 3.05) is 23.3 Å². The summed E-state index contributed by atoms with van der Waals surface area (Å²) in [5, 5.41) is 8.94. The van der Waals surface area contributed by atoms with Crippen LogP contribution in [0.3, 0.4) is 0 Å². The summed E-state index contributed by atoms with van der Waals surface area (Å²) < 4.78 is 35.6. The van der Waals surface area contributed by atoms with Gasteiger partial charge in [-0.1, -0.05) is 6.42 Å². The van der Waals surface area contributed by atoms with E-state index in [0.29, 0.717) is 23.3 Å². The predicted octanol–water partition coefficient (Wildman–Crippen LogP) is 4.50. The average Bonchev–Trinajstić information content (AvgIpc) is 3.49. The van der Waals surface area contributed by atoms with E-state index in [-0.39, 0.29) is 16.9 Å². The number of nitrogens with zero attached hydrogens (tertiary/aromatic N) is 4. The number of halogens is 2. The highest BCUT2D eigenvalue weighted by molar-refractivity contribution is 7.05. The predicted molar refractivity (Wildman–Crippen MR) is 129 cm³/mol. The number of fused-ring (bicyclic) bond motifs is 2. The summed E-state index contributed by atoms with van der Waals surface area (Å²) in [5.41, 5.74) is 1.99. The van der Waals surface area contributed by atoms with E-state index in [1.165, 1.54) is 47.3 Å². The fraction of sp³-hybridized carbons (Fsp3) is 0.375. The summed E-state index contributed by atoms with van der Waals surface area (Å²) in [4.78, 5) is 19.4. The molecule has 6 rings (SSSR count). The first-order valence-corrected chi connectivity index (χ1v) is 12.3. The maximum absolute atomic E-state index is 15.3. The van der Waals surface area contributed by atoms with Crippen molar-refractivity contribution in [2.45, 2.75) is 44.7 Å². The number of benzene rings is 1. The topological polar surface area (TPSA) is 74.6 Å². The summed E-state index contributed by atoms with van der Waals surface area (Å²) in [7, 11) is 0. The standard InChI is InChI=1S/C24H24F2N6OS/c1-13-9-32-11-16(7-19(26)23(32)27-13)29-24(33)21-18(25)8-20(17-12-34-30-22(17)21)31-6-5-15(10-31)28-14-3-2-4-14/h7-9,11-12,14-15,28H,2-6,10H2,1H3,(H,29,33). The van der Waals surface area contributed by atoms with Crippen LogP contribution in [0.4, 0.5) is 20.2 Å². The van der Waals surface area contributed by atoms with Crippen LogP contribution in [0.15, 0.2) is 29.9 Å². The van der Waals surface area contributed by atoms with Gasteiger partial charge in [-0.05, 0) is 43.8 Å². The Morgan fingerprint density at radius 2 is 2.00 bits per heavy atom. The molecule has 0 radical (unpaired) electrons. The molecule has 1 aliphatic carbocycles. The van der Waals surface area contributed by atoms with Gasteiger partial charge >= 0.3 is 0 Å². The Morgan fingerprint density at radius 3 is 2.79 bits per heavy atom. The van der Waals surface area contributed by atoms with Crippen LogP contribution in [-0.4, -0.2) is 44.8 Å². The van der Waals surface area contributed by atoms with Crippen LogP contribution in [0.1, 0.15) is 41.7 Å². The Balaban J connectivity index is 1.28. The van der Waals surface area contributed by atoms with Crippen molar-refractivity contribution in [3.63, 3.8) is 0 Å². The molecule has 0 spiro atoms. The number of carbonyl (C=O) groups is 1. The van der Waals surface area contributed by atoms with Crippen molar-refractivity contribution >= 4 is 45.4 Å². The number of hydrogen-bond donors (Lipinski definition) is 2. The number of imidazole rings is 1. The monoisotopic (exact) mass is 482 g/mol. The molecule has 4 aromatic rings. The second-order valence-electron chi connectivity index (χ2n) is 9.20. The molecule has 3 aromatic heterocycles. The van der Waals surface area contributed by atoms with E-state index < -0.39 is 17.5 Å². The van der Waals surface area contributed by atoms with Crippen LogP contribution in [0.5, 0.6) is 0 Å². The average molecular weight is 483 g/mol. The van der Waals surface area contributed by atoms with Crippen LogP contribution >= 0.6 is 11.5 Å². The van der Waals surface area contributed by atoms with Gasteiger partial charge < -0.3 is 19.9 Å². The van der Waals surface area contributed by atoms with Gasteiger partial charge in [0.05, 0.1) is 17.1 Å². The molecule has 1 unspecified atom stereocenters. The molecule has 1 saturated carbocycles. The van der Waals surface area contributed by atoms with Crippen LogP contribution < -0.4 is 15.5 Å². The molecule has 2 N–H and O–H groups in total. The van der Waals surface area contributed by atoms with E-state index in [1.54, 1.807) is 19.3 Å². The first kappa shape index (κ1) is 21.4. The second kappa shape index (κ2) is 8.28. The molecule has 34 heavy (non-hydrogen) atoms. The maximum atomic E-state index is 15.3. The minimum atomic E-state index is -0.665. The number of pyridine rings is 1. The van der Waals surface area contributed by atoms with E-state index in [0.717, 1.165) is 30.6 Å². The van der Waals surface area contributed by atoms with Gasteiger partial charge in [-0.3, -0.25) is 4.79 Å². The molecular weight excluding hydrogens is 458 g/mol. The summed E-state index contributed by atoms with van der Waals surface area (Å²) >= 11 is 1.19. The fourth-order valence-corrected chi connectivity index (χ4v) is 5.61. The molecule has 2 aliphatic rings. The summed E-state index contributed by atoms with van der Waals surface area (Å²) in [6, 6.07) is 3.60. The van der Waals surface area contributed by atoms with Crippen LogP contribution in [-0.2, 0) is 0 Å². The Kier molecular flexibility index (Phi) is 5.22. The third kappa shape index (κ3) is 3.70. The minimum absolute atomic E-state index is 0.134. The number of nitrogens with one attached hydrogen (secondary N) is 2. The molecule has 2 fully saturated rings. The van der Waals surface area contributed by atoms with Gasteiger partial charge in [-0.25, -0.2) is 13.8 Å². The molecule has 1 amide bonds. The van der Waals surface area contributed by atoms with Crippen molar-refractivity contribution in [2.24, 2.45) is 0 Å². The maximum Gasteiger partial charge on any atom is 0.260 e. The normalized spacial score (nSPS) is 18.7. The number of hydrogen-bond acceptors (Lipinski definition) is 6. The zero-order valence-electron chi connectivity index (χ0n) is 18.6. The molecular formula is C24H24F2N6OS. The van der Waals surface area contributed by atoms with Gasteiger partial charge in [0.1, 0.15) is 16.9 Å². The summed E-state index contributed by atoms with van der Waals surface area (Å²) in [6.07, 6.45) is 7.95. The third-order valence-corrected chi connectivity index (χ3v) is 7.43. The van der Waals surface area contributed by atoms with Gasteiger partial charge in [0.15, 0.2) is 11.5 Å². The van der Waals surface area contributed by atoms with Gasteiger partial charge in [0, 0.05) is 54.4 Å². The smallest absolute Gasteiger partial charge is 0.260 e. The molecule has 7 nitrogen and oxygen atoms in total. The lowest BCUT2D eigenvalue weighted by molar-refractivity contribution is 0.102. The van der Waals surface area contributed by atoms with Crippen LogP contribution in [0.2, 0.25) is 0 Å². The van der Waals surface area contributed by atoms with Gasteiger partial charge in [-0.2, -0.15) is 4.37 Å². The molecule has 10 heteroatoms. The fourth-order valence-electron chi connectivity index (χ4n) is 4.92. The Labute approximate surface area is 198 Å². The largest absolute Gasteiger partial charge is 0.369 e. The molecule has 0 bridgehead atoms. The van der Waals surface area contributed by atoms with Gasteiger partial charge in [-0.15, -0.1) is 0 Å². The molecule has 1 atom stereocenters. The molecule has 4 heterocycles. The summed E-state index contributed by atoms with van der Waals surface area (Å²) in [6.45, 7) is 3.38. The highest BCUT2D eigenvalue weighted by Crippen LogP contribution is 2.35. The van der Waals surface area contributed by atoms with E-state index in [1.807, 2.05) is 5.38 Å². The Bertz CT molecular complexity index is 1410. The van der Waals surface area contributed by atoms with Crippen molar-refractivity contribution in [1.82, 2.24) is 19.1 Å². The highest BCUT2D eigenvalue weighted by Gasteiger charge is 2.30. The SMILES string of the molecule is Cc1cn2cc(NC(=O)c3c(F)cc(N4CCC(NC5CCC5)C4)c4csnc34)cc(F)c2n1. The molecule has 176 valence electrons. The Morgan fingerprint density at radius 1 is 1.15 bits per heavy atom. The summed E-state index contributed by atoms with van der Waals surface area (Å²) in [5.74, 6) is -1.87. The number of aromatic nitrogens is 3. The molecule has 1 aliphatic heterocycles. The van der Waals surface area contributed by atoms with Crippen molar-refractivity contribution in [1.29, 1.82) is 0 Å². The number of aryl methyl sites for hydroxylation is 1. The first-order chi connectivity index (χ1) is 16.5. The highest BCUT2D eigenvalue weighted by atomic mass is 32.1. The van der Waals surface area contributed by atoms with Crippen LogP contribution in [0.25, 0.3) is 16.6 Å². The van der Waals surface area contributed by atoms with E-state index in [2.05, 4.69) is 24.9 Å². The van der Waals surface area contributed by atoms with E-state index >= 15 is 4.39 Å². The zero-order chi connectivity index (χ0) is 23.4. The third-order valence-electron chi connectivity index (χ3n) is 6.80. The van der Waals surface area contributed by atoms with E-state index in [9.17, 15) is 9.18 Å². The zero-order valence-corrected chi connectivity index (χ0v) is 19.5. The first-order valence-electron chi connectivity index (χ1n) is 11.5. The number of anilines is 2. The molecule has 1 aromatic carbocycles. The second-order valence-corrected chi connectivity index (χ2v) is 9.83. The van der Waals surface area contributed by atoms with E-state index in [4.69, 9.17) is 0 Å². The minimum Gasteiger partial charge on any atom is -0.369 e. The van der Waals surface area contributed by atoms with Crippen molar-refractivity contribution < 1.29 is 13.6 Å². The lowest BCUT2D eigenvalue weighted by Gasteiger charge is -2.30. The van der Waals surface area contributed by atoms with Gasteiger partial charge in [0.2, 0.25) is 0 Å². The molecule has 1 saturated heterocycles. The number of amides is 1. The quantitative estimate of drug-likeness (QED) is 0.438. The number of rotatable bonds is 5. The van der Waals surface area contributed by atoms with Gasteiger partial charge in [0.25, 0.3) is 5.91 Å². The lowest BCUT2D eigenvalue weighted by Crippen LogP contribution is -2.43. The number of carbonyl (C=O) groups excluding carboxylic acids is 1. The van der Waals surface area contributed by atoms with Crippen molar-refractivity contribution in [3.05, 3.63) is 52.8 Å². The Hall–Kier alpha value is -3.11. The lowest BCUT2D eigenvalue weighted by atomic mass is 9.92. The van der Waals surface area contributed by atoms with Crippen molar-refractivity contribution in [3.8, 4) is 0 Å².